The average molecular weight is 281 g/mol. The van der Waals surface area contributed by atoms with Crippen molar-refractivity contribution in [3.05, 3.63) is 22.7 Å². The number of amides is 1. The van der Waals surface area contributed by atoms with E-state index in [2.05, 4.69) is 24.5 Å². The smallest absolute Gasteiger partial charge is 0.228 e. The minimum absolute atomic E-state index is 0.0409. The Morgan fingerprint density at radius 1 is 1.42 bits per heavy atom. The molecule has 0 spiro atoms. The summed E-state index contributed by atoms with van der Waals surface area (Å²) in [6.45, 7) is 4.38. The molecule has 0 saturated heterocycles. The molecule has 1 aliphatic rings. The third-order valence-electron chi connectivity index (χ3n) is 3.46. The van der Waals surface area contributed by atoms with E-state index in [1.54, 1.807) is 0 Å². The number of fused-ring (bicyclic) bond motifs is 1. The third-order valence-corrected chi connectivity index (χ3v) is 3.77. The highest BCUT2D eigenvalue weighted by atomic mass is 35.5. The predicted molar refractivity (Wildman–Crippen MR) is 81.0 cm³/mol. The number of rotatable bonds is 6. The molecular weight excluding hydrogens is 260 g/mol. The van der Waals surface area contributed by atoms with Crippen LogP contribution in [0.15, 0.2) is 12.1 Å². The van der Waals surface area contributed by atoms with Crippen LogP contribution in [0.5, 0.6) is 0 Å². The summed E-state index contributed by atoms with van der Waals surface area (Å²) >= 11 is 6.25. The van der Waals surface area contributed by atoms with E-state index in [9.17, 15) is 4.79 Å². The first kappa shape index (κ1) is 14.2. The monoisotopic (exact) mass is 280 g/mol. The molecule has 0 saturated carbocycles. The Morgan fingerprint density at radius 3 is 2.95 bits per heavy atom. The zero-order valence-electron chi connectivity index (χ0n) is 11.6. The molecule has 0 bridgehead atoms. The van der Waals surface area contributed by atoms with Crippen molar-refractivity contribution in [3.8, 4) is 0 Å². The van der Waals surface area contributed by atoms with Gasteiger partial charge >= 0.3 is 0 Å². The summed E-state index contributed by atoms with van der Waals surface area (Å²) in [5, 5.41) is 6.92. The van der Waals surface area contributed by atoms with Crippen LogP contribution in [0.1, 0.15) is 45.1 Å². The fraction of sp³-hybridized carbons (Fsp3) is 0.533. The van der Waals surface area contributed by atoms with E-state index in [0.717, 1.165) is 23.4 Å². The van der Waals surface area contributed by atoms with Crippen molar-refractivity contribution in [3.63, 3.8) is 0 Å². The molecule has 1 aromatic rings. The van der Waals surface area contributed by atoms with Crippen LogP contribution in [0.25, 0.3) is 0 Å². The van der Waals surface area contributed by atoms with Crippen LogP contribution in [-0.2, 0) is 11.2 Å². The van der Waals surface area contributed by atoms with Gasteiger partial charge in [-0.1, -0.05) is 37.8 Å². The lowest BCUT2D eigenvalue weighted by molar-refractivity contribution is -0.115. The number of hydrogen-bond donors (Lipinski definition) is 2. The second-order valence-corrected chi connectivity index (χ2v) is 5.66. The van der Waals surface area contributed by atoms with Crippen molar-refractivity contribution in [1.82, 2.24) is 0 Å². The maximum Gasteiger partial charge on any atom is 0.228 e. The molecule has 2 N–H and O–H groups in total. The molecule has 0 fully saturated rings. The Kier molecular flexibility index (Phi) is 4.70. The molecule has 1 unspecified atom stereocenters. The van der Waals surface area contributed by atoms with Crippen molar-refractivity contribution >= 4 is 28.9 Å². The highest BCUT2D eigenvalue weighted by Gasteiger charge is 2.19. The van der Waals surface area contributed by atoms with Gasteiger partial charge < -0.3 is 10.6 Å². The summed E-state index contributed by atoms with van der Waals surface area (Å²) in [6.07, 6.45) is 5.32. The molecule has 19 heavy (non-hydrogen) atoms. The minimum atomic E-state index is 0.0409. The SMILES string of the molecule is CCCCCC(C)Nc1cc2c(cc1Cl)NC(=O)C2. The van der Waals surface area contributed by atoms with Crippen LogP contribution in [0.2, 0.25) is 5.02 Å². The summed E-state index contributed by atoms with van der Waals surface area (Å²) < 4.78 is 0. The molecule has 0 aliphatic carbocycles. The normalized spacial score (nSPS) is 15.0. The van der Waals surface area contributed by atoms with Gasteiger partial charge in [-0.25, -0.2) is 0 Å². The fourth-order valence-corrected chi connectivity index (χ4v) is 2.62. The van der Waals surface area contributed by atoms with Gasteiger partial charge in [-0.3, -0.25) is 4.79 Å². The Labute approximate surface area is 119 Å². The first-order valence-corrected chi connectivity index (χ1v) is 7.36. The van der Waals surface area contributed by atoms with Gasteiger partial charge in [0.2, 0.25) is 5.91 Å². The minimum Gasteiger partial charge on any atom is -0.381 e. The van der Waals surface area contributed by atoms with E-state index < -0.39 is 0 Å². The van der Waals surface area contributed by atoms with Gasteiger partial charge in [0.1, 0.15) is 0 Å². The summed E-state index contributed by atoms with van der Waals surface area (Å²) in [4.78, 5) is 11.3. The molecule has 104 valence electrons. The largest absolute Gasteiger partial charge is 0.381 e. The zero-order chi connectivity index (χ0) is 13.8. The number of anilines is 2. The lowest BCUT2D eigenvalue weighted by Crippen LogP contribution is -2.15. The van der Waals surface area contributed by atoms with E-state index in [1.807, 2.05) is 12.1 Å². The topological polar surface area (TPSA) is 41.1 Å². The highest BCUT2D eigenvalue weighted by Crippen LogP contribution is 2.33. The Morgan fingerprint density at radius 2 is 2.21 bits per heavy atom. The lowest BCUT2D eigenvalue weighted by atomic mass is 10.1. The molecular formula is C15H21ClN2O. The second-order valence-electron chi connectivity index (χ2n) is 5.26. The lowest BCUT2D eigenvalue weighted by Gasteiger charge is -2.17. The quantitative estimate of drug-likeness (QED) is 0.766. The van der Waals surface area contributed by atoms with Gasteiger partial charge in [0.25, 0.3) is 0 Å². The highest BCUT2D eigenvalue weighted by molar-refractivity contribution is 6.33. The number of halogens is 1. The molecule has 4 heteroatoms. The molecule has 2 rings (SSSR count). The van der Waals surface area contributed by atoms with Crippen molar-refractivity contribution in [2.75, 3.05) is 10.6 Å². The number of nitrogens with one attached hydrogen (secondary N) is 2. The van der Waals surface area contributed by atoms with Crippen LogP contribution in [-0.4, -0.2) is 11.9 Å². The van der Waals surface area contributed by atoms with Crippen LogP contribution >= 0.6 is 11.6 Å². The standard InChI is InChI=1S/C15H21ClN2O/c1-3-4-5-6-10(2)17-14-7-11-8-15(19)18-13(11)9-12(14)16/h7,9-10,17H,3-6,8H2,1-2H3,(H,18,19). The molecule has 0 aromatic heterocycles. The molecule has 1 aliphatic heterocycles. The number of unbranched alkanes of at least 4 members (excludes halogenated alkanes) is 2. The predicted octanol–water partition coefficient (Wildman–Crippen LogP) is 4.22. The molecule has 0 radical (unpaired) electrons. The van der Waals surface area contributed by atoms with Crippen LogP contribution in [0.4, 0.5) is 11.4 Å². The third kappa shape index (κ3) is 3.63. The average Bonchev–Trinajstić information content (AvgIpc) is 2.69. The van der Waals surface area contributed by atoms with Crippen LogP contribution in [0, 0.1) is 0 Å². The Hall–Kier alpha value is -1.22. The summed E-state index contributed by atoms with van der Waals surface area (Å²) in [6, 6.07) is 4.22. The molecule has 1 aromatic carbocycles. The first-order valence-electron chi connectivity index (χ1n) is 6.99. The van der Waals surface area contributed by atoms with Crippen LogP contribution in [0.3, 0.4) is 0 Å². The number of benzene rings is 1. The van der Waals surface area contributed by atoms with Gasteiger partial charge in [0.15, 0.2) is 0 Å². The van der Waals surface area contributed by atoms with Crippen LogP contribution < -0.4 is 10.6 Å². The van der Waals surface area contributed by atoms with Gasteiger partial charge in [0, 0.05) is 11.7 Å². The summed E-state index contributed by atoms with van der Waals surface area (Å²) in [5.41, 5.74) is 2.80. The first-order chi connectivity index (χ1) is 9.10. The van der Waals surface area contributed by atoms with E-state index in [0.29, 0.717) is 17.5 Å². The summed E-state index contributed by atoms with van der Waals surface area (Å²) in [7, 11) is 0. The van der Waals surface area contributed by atoms with E-state index in [-0.39, 0.29) is 5.91 Å². The van der Waals surface area contributed by atoms with Gasteiger partial charge in [-0.05, 0) is 31.0 Å². The maximum atomic E-state index is 11.3. The summed E-state index contributed by atoms with van der Waals surface area (Å²) in [5.74, 6) is 0.0409. The number of carbonyl (C=O) groups is 1. The number of carbonyl (C=O) groups excluding carboxylic acids is 1. The van der Waals surface area contributed by atoms with E-state index in [4.69, 9.17) is 11.6 Å². The Bertz CT molecular complexity index is 473. The molecule has 1 atom stereocenters. The second kappa shape index (κ2) is 6.29. The van der Waals surface area contributed by atoms with Gasteiger partial charge in [0.05, 0.1) is 17.1 Å². The number of hydrogen-bond acceptors (Lipinski definition) is 2. The zero-order valence-corrected chi connectivity index (χ0v) is 12.3. The van der Waals surface area contributed by atoms with E-state index >= 15 is 0 Å². The van der Waals surface area contributed by atoms with Crippen molar-refractivity contribution in [2.45, 2.75) is 52.0 Å². The van der Waals surface area contributed by atoms with Gasteiger partial charge in [-0.2, -0.15) is 0 Å². The fourth-order valence-electron chi connectivity index (χ4n) is 2.40. The Balaban J connectivity index is 2.01. The molecule has 1 amide bonds. The molecule has 1 heterocycles. The van der Waals surface area contributed by atoms with Crippen molar-refractivity contribution < 1.29 is 4.79 Å². The molecule has 3 nitrogen and oxygen atoms in total. The van der Waals surface area contributed by atoms with Crippen molar-refractivity contribution in [2.24, 2.45) is 0 Å². The maximum absolute atomic E-state index is 11.3. The van der Waals surface area contributed by atoms with E-state index in [1.165, 1.54) is 19.3 Å². The van der Waals surface area contributed by atoms with Gasteiger partial charge in [-0.15, -0.1) is 0 Å². The van der Waals surface area contributed by atoms with Crippen molar-refractivity contribution in [1.29, 1.82) is 0 Å².